The van der Waals surface area contributed by atoms with E-state index in [1.807, 2.05) is 17.8 Å². The smallest absolute Gasteiger partial charge is 0.189 e. The lowest BCUT2D eigenvalue weighted by Gasteiger charge is -2.23. The highest BCUT2D eigenvalue weighted by Crippen LogP contribution is 2.16. The molecule has 0 saturated heterocycles. The summed E-state index contributed by atoms with van der Waals surface area (Å²) >= 11 is 0. The molecule has 0 unspecified atom stereocenters. The lowest BCUT2D eigenvalue weighted by atomic mass is 9.96. The van der Waals surface area contributed by atoms with Crippen LogP contribution in [0.5, 0.6) is 0 Å². The second-order valence-electron chi connectivity index (χ2n) is 4.64. The molecule has 0 atom stereocenters. The maximum atomic E-state index is 5.87. The number of hydrogen-bond acceptors (Lipinski definition) is 2. The third-order valence-corrected chi connectivity index (χ3v) is 3.27. The lowest BCUT2D eigenvalue weighted by molar-refractivity contribution is 0.412. The summed E-state index contributed by atoms with van der Waals surface area (Å²) in [5, 5.41) is 3.29. The van der Waals surface area contributed by atoms with Gasteiger partial charge in [-0.15, -0.1) is 24.0 Å². The number of nitrogens with two attached hydrogens (primary N) is 1. The molecular formula is C12H22IN5. The van der Waals surface area contributed by atoms with Gasteiger partial charge in [0, 0.05) is 25.5 Å². The first-order chi connectivity index (χ1) is 8.25. The molecular weight excluding hydrogens is 341 g/mol. The van der Waals surface area contributed by atoms with Crippen molar-refractivity contribution >= 4 is 29.9 Å². The first kappa shape index (κ1) is 15.3. The quantitative estimate of drug-likeness (QED) is 0.489. The predicted octanol–water partition coefficient (Wildman–Crippen LogP) is 1.78. The van der Waals surface area contributed by atoms with E-state index in [0.29, 0.717) is 18.5 Å². The molecule has 0 aliphatic heterocycles. The van der Waals surface area contributed by atoms with E-state index in [4.69, 9.17) is 5.73 Å². The Balaban J connectivity index is 0.00000162. The van der Waals surface area contributed by atoms with Crippen LogP contribution in [0, 0.1) is 0 Å². The maximum Gasteiger partial charge on any atom is 0.189 e. The number of hydrogen-bond donors (Lipinski definition) is 2. The first-order valence-electron chi connectivity index (χ1n) is 6.28. The molecule has 0 amide bonds. The summed E-state index contributed by atoms with van der Waals surface area (Å²) in [4.78, 5) is 8.53. The molecule has 18 heavy (non-hydrogen) atoms. The number of aliphatic imine (C=N–C) groups is 1. The van der Waals surface area contributed by atoms with E-state index in [0.717, 1.165) is 5.82 Å². The normalized spacial score (nSPS) is 17.3. The molecule has 0 spiro atoms. The molecule has 1 saturated carbocycles. The Labute approximate surface area is 125 Å². The van der Waals surface area contributed by atoms with Crippen molar-refractivity contribution in [3.05, 3.63) is 18.2 Å². The highest BCUT2D eigenvalue weighted by atomic mass is 127. The summed E-state index contributed by atoms with van der Waals surface area (Å²) < 4.78 is 1.96. The summed E-state index contributed by atoms with van der Waals surface area (Å²) in [7, 11) is 1.96. The van der Waals surface area contributed by atoms with Gasteiger partial charge < -0.3 is 15.6 Å². The summed E-state index contributed by atoms with van der Waals surface area (Å²) in [6, 6.07) is 0.508. The van der Waals surface area contributed by atoms with E-state index in [1.165, 1.54) is 32.1 Å². The number of nitrogens with one attached hydrogen (secondary N) is 1. The van der Waals surface area contributed by atoms with Gasteiger partial charge in [-0.25, -0.2) is 9.98 Å². The fourth-order valence-corrected chi connectivity index (χ4v) is 2.21. The van der Waals surface area contributed by atoms with Crippen LogP contribution >= 0.6 is 24.0 Å². The number of imidazole rings is 1. The van der Waals surface area contributed by atoms with Gasteiger partial charge in [-0.3, -0.25) is 0 Å². The number of aryl methyl sites for hydroxylation is 1. The van der Waals surface area contributed by atoms with Crippen molar-refractivity contribution in [1.82, 2.24) is 14.9 Å². The zero-order valence-electron chi connectivity index (χ0n) is 10.8. The minimum absolute atomic E-state index is 0. The minimum atomic E-state index is 0. The van der Waals surface area contributed by atoms with Crippen LogP contribution in [-0.4, -0.2) is 21.6 Å². The minimum Gasteiger partial charge on any atom is -0.370 e. The molecule has 0 radical (unpaired) electrons. The van der Waals surface area contributed by atoms with Crippen molar-refractivity contribution in [2.45, 2.75) is 44.7 Å². The van der Waals surface area contributed by atoms with Crippen LogP contribution in [-0.2, 0) is 13.6 Å². The van der Waals surface area contributed by atoms with Crippen molar-refractivity contribution in [1.29, 1.82) is 0 Å². The van der Waals surface area contributed by atoms with Gasteiger partial charge in [-0.05, 0) is 12.8 Å². The van der Waals surface area contributed by atoms with Crippen molar-refractivity contribution in [3.8, 4) is 0 Å². The molecule has 2 rings (SSSR count). The number of rotatable bonds is 3. The van der Waals surface area contributed by atoms with Crippen LogP contribution in [0.2, 0.25) is 0 Å². The predicted molar refractivity (Wildman–Crippen MR) is 84.0 cm³/mol. The van der Waals surface area contributed by atoms with Gasteiger partial charge in [-0.1, -0.05) is 19.3 Å². The van der Waals surface area contributed by atoms with E-state index in [2.05, 4.69) is 15.3 Å². The summed E-state index contributed by atoms with van der Waals surface area (Å²) in [6.07, 6.45) is 10.0. The van der Waals surface area contributed by atoms with Crippen molar-refractivity contribution in [2.75, 3.05) is 0 Å². The number of guanidine groups is 1. The molecule has 1 aliphatic rings. The first-order valence-corrected chi connectivity index (χ1v) is 6.28. The molecule has 102 valence electrons. The number of halogens is 1. The lowest BCUT2D eigenvalue weighted by Crippen LogP contribution is -2.41. The van der Waals surface area contributed by atoms with Gasteiger partial charge >= 0.3 is 0 Å². The molecule has 0 bridgehead atoms. The molecule has 5 nitrogen and oxygen atoms in total. The largest absolute Gasteiger partial charge is 0.370 e. The fourth-order valence-electron chi connectivity index (χ4n) is 2.21. The Morgan fingerprint density at radius 1 is 1.50 bits per heavy atom. The molecule has 1 heterocycles. The van der Waals surface area contributed by atoms with Gasteiger partial charge in [0.25, 0.3) is 0 Å². The highest BCUT2D eigenvalue weighted by Gasteiger charge is 2.13. The molecule has 1 aliphatic carbocycles. The van der Waals surface area contributed by atoms with Crippen LogP contribution in [0.25, 0.3) is 0 Å². The summed E-state index contributed by atoms with van der Waals surface area (Å²) in [5.41, 5.74) is 5.87. The maximum absolute atomic E-state index is 5.87. The van der Waals surface area contributed by atoms with Gasteiger partial charge in [0.05, 0.1) is 0 Å². The topological polar surface area (TPSA) is 68.2 Å². The van der Waals surface area contributed by atoms with E-state index < -0.39 is 0 Å². The number of aromatic nitrogens is 2. The van der Waals surface area contributed by atoms with Crippen LogP contribution < -0.4 is 11.1 Å². The summed E-state index contributed by atoms with van der Waals surface area (Å²) in [6.45, 7) is 0.537. The average molecular weight is 363 g/mol. The van der Waals surface area contributed by atoms with Crippen LogP contribution in [0.15, 0.2) is 17.4 Å². The van der Waals surface area contributed by atoms with Gasteiger partial charge in [0.15, 0.2) is 5.96 Å². The Morgan fingerprint density at radius 2 is 2.22 bits per heavy atom. The van der Waals surface area contributed by atoms with Gasteiger partial charge in [0.2, 0.25) is 0 Å². The Hall–Kier alpha value is -0.790. The molecule has 0 aromatic carbocycles. The van der Waals surface area contributed by atoms with E-state index in [-0.39, 0.29) is 24.0 Å². The second kappa shape index (κ2) is 7.60. The Kier molecular flexibility index (Phi) is 6.45. The molecule has 3 N–H and O–H groups in total. The Bertz CT molecular complexity index is 382. The van der Waals surface area contributed by atoms with E-state index in [9.17, 15) is 0 Å². The fraction of sp³-hybridized carbons (Fsp3) is 0.667. The van der Waals surface area contributed by atoms with Crippen LogP contribution in [0.3, 0.4) is 0 Å². The monoisotopic (exact) mass is 363 g/mol. The van der Waals surface area contributed by atoms with Crippen molar-refractivity contribution in [2.24, 2.45) is 17.8 Å². The average Bonchev–Trinajstić information content (AvgIpc) is 2.74. The standard InChI is InChI=1S/C12H21N5.HI/c1-17-8-7-14-11(17)9-15-12(13)16-10-5-3-2-4-6-10;/h7-8,10H,2-6,9H2,1H3,(H3,13,15,16);1H. The van der Waals surface area contributed by atoms with E-state index in [1.54, 1.807) is 6.20 Å². The van der Waals surface area contributed by atoms with E-state index >= 15 is 0 Å². The third kappa shape index (κ3) is 4.47. The summed E-state index contributed by atoms with van der Waals surface area (Å²) in [5.74, 6) is 1.47. The van der Waals surface area contributed by atoms with Gasteiger partial charge in [0.1, 0.15) is 12.4 Å². The second-order valence-corrected chi connectivity index (χ2v) is 4.64. The SMILES string of the molecule is Cn1ccnc1CN=C(N)NC1CCCCC1.I. The van der Waals surface area contributed by atoms with Crippen LogP contribution in [0.1, 0.15) is 37.9 Å². The molecule has 1 aromatic heterocycles. The van der Waals surface area contributed by atoms with Crippen molar-refractivity contribution < 1.29 is 0 Å². The number of nitrogens with zero attached hydrogens (tertiary/aromatic N) is 3. The van der Waals surface area contributed by atoms with Gasteiger partial charge in [-0.2, -0.15) is 0 Å². The molecule has 1 fully saturated rings. The van der Waals surface area contributed by atoms with Crippen molar-refractivity contribution in [3.63, 3.8) is 0 Å². The third-order valence-electron chi connectivity index (χ3n) is 3.27. The molecule has 6 heteroatoms. The Morgan fingerprint density at radius 3 is 2.83 bits per heavy atom. The highest BCUT2D eigenvalue weighted by molar-refractivity contribution is 14.0. The zero-order valence-corrected chi connectivity index (χ0v) is 13.1. The van der Waals surface area contributed by atoms with Crippen LogP contribution in [0.4, 0.5) is 0 Å². The zero-order chi connectivity index (χ0) is 12.1. The molecule has 1 aromatic rings.